The minimum Gasteiger partial charge on any atom is -0.362 e. The summed E-state index contributed by atoms with van der Waals surface area (Å²) in [5, 5.41) is 2.25. The Morgan fingerprint density at radius 1 is 1.19 bits per heavy atom. The fourth-order valence-corrected chi connectivity index (χ4v) is 1.22. The Labute approximate surface area is 99.1 Å². The molecule has 0 aliphatic heterocycles. The summed E-state index contributed by atoms with van der Waals surface area (Å²) in [5.41, 5.74) is 1.46. The van der Waals surface area contributed by atoms with Gasteiger partial charge in [0.05, 0.1) is 0 Å². The summed E-state index contributed by atoms with van der Waals surface area (Å²) < 4.78 is 0. The van der Waals surface area contributed by atoms with Gasteiger partial charge in [-0.2, -0.15) is 0 Å². The van der Waals surface area contributed by atoms with Gasteiger partial charge in [0, 0.05) is 7.05 Å². The van der Waals surface area contributed by atoms with Crippen molar-refractivity contribution < 1.29 is 4.79 Å². The largest absolute Gasteiger partial charge is 0.362 e. The monoisotopic (exact) mass is 221 g/mol. The van der Waals surface area contributed by atoms with Crippen LogP contribution in [0.5, 0.6) is 0 Å². The van der Waals surface area contributed by atoms with Crippen LogP contribution >= 0.6 is 0 Å². The first-order valence-corrected chi connectivity index (χ1v) is 5.76. The quantitative estimate of drug-likeness (QED) is 0.778. The van der Waals surface area contributed by atoms with Crippen molar-refractivity contribution in [3.05, 3.63) is 35.9 Å². The first-order chi connectivity index (χ1) is 7.61. The number of nitrogens with one attached hydrogen (secondary N) is 1. The highest BCUT2D eigenvalue weighted by Gasteiger charge is 2.06. The summed E-state index contributed by atoms with van der Waals surface area (Å²) in [6.45, 7) is 6.89. The van der Waals surface area contributed by atoms with E-state index in [1.807, 2.05) is 0 Å². The fourth-order valence-electron chi connectivity index (χ4n) is 1.22. The van der Waals surface area contributed by atoms with Crippen molar-refractivity contribution >= 4 is 6.41 Å². The molecule has 0 aliphatic rings. The van der Waals surface area contributed by atoms with Gasteiger partial charge < -0.3 is 5.32 Å². The molecule has 1 rings (SSSR count). The fraction of sp³-hybridized carbons (Fsp3) is 0.500. The van der Waals surface area contributed by atoms with Crippen LogP contribution in [0.4, 0.5) is 0 Å². The topological polar surface area (TPSA) is 29.1 Å². The number of benzene rings is 1. The Kier molecular flexibility index (Phi) is 8.22. The number of carbonyl (C=O) groups excluding carboxylic acids is 1. The van der Waals surface area contributed by atoms with E-state index >= 15 is 0 Å². The van der Waals surface area contributed by atoms with Crippen LogP contribution < -0.4 is 5.32 Å². The van der Waals surface area contributed by atoms with Crippen molar-refractivity contribution in [1.82, 2.24) is 5.32 Å². The highest BCUT2D eigenvalue weighted by Crippen LogP contribution is 2.15. The molecule has 1 aromatic carbocycles. The third-order valence-electron chi connectivity index (χ3n) is 2.66. The van der Waals surface area contributed by atoms with Crippen LogP contribution in [0.2, 0.25) is 0 Å². The van der Waals surface area contributed by atoms with Crippen LogP contribution in [0, 0.1) is 11.8 Å². The van der Waals surface area contributed by atoms with Crippen LogP contribution in [0.15, 0.2) is 30.3 Å². The van der Waals surface area contributed by atoms with Gasteiger partial charge in [-0.25, -0.2) is 0 Å². The van der Waals surface area contributed by atoms with Crippen molar-refractivity contribution in [2.24, 2.45) is 11.8 Å². The molecule has 0 aromatic heterocycles. The molecule has 1 aromatic rings. The van der Waals surface area contributed by atoms with Gasteiger partial charge in [-0.3, -0.25) is 4.79 Å². The number of hydrogen-bond donors (Lipinski definition) is 1. The highest BCUT2D eigenvalue weighted by molar-refractivity contribution is 5.44. The summed E-state index contributed by atoms with van der Waals surface area (Å²) >= 11 is 0. The van der Waals surface area contributed by atoms with Crippen molar-refractivity contribution in [2.45, 2.75) is 27.2 Å². The smallest absolute Gasteiger partial charge is 0.206 e. The molecule has 0 bridgehead atoms. The molecule has 0 radical (unpaired) electrons. The van der Waals surface area contributed by atoms with E-state index in [-0.39, 0.29) is 0 Å². The maximum Gasteiger partial charge on any atom is 0.206 e. The average molecular weight is 221 g/mol. The van der Waals surface area contributed by atoms with Crippen LogP contribution in [-0.2, 0) is 11.2 Å². The Bertz CT molecular complexity index is 269. The molecule has 2 heteroatoms. The van der Waals surface area contributed by atoms with Crippen LogP contribution in [0.25, 0.3) is 0 Å². The van der Waals surface area contributed by atoms with E-state index in [1.54, 1.807) is 7.05 Å². The molecular weight excluding hydrogens is 198 g/mol. The van der Waals surface area contributed by atoms with E-state index < -0.39 is 0 Å². The third-order valence-corrected chi connectivity index (χ3v) is 2.66. The molecule has 1 amide bonds. The maximum absolute atomic E-state index is 9.06. The lowest BCUT2D eigenvalue weighted by atomic mass is 9.91. The second-order valence-corrected chi connectivity index (χ2v) is 4.32. The number of rotatable bonds is 4. The zero-order chi connectivity index (χ0) is 12.4. The van der Waals surface area contributed by atoms with Crippen molar-refractivity contribution in [1.29, 1.82) is 0 Å². The lowest BCUT2D eigenvalue weighted by Gasteiger charge is -2.14. The van der Waals surface area contributed by atoms with Gasteiger partial charge in [-0.1, -0.05) is 51.1 Å². The van der Waals surface area contributed by atoms with Gasteiger partial charge in [0.25, 0.3) is 0 Å². The molecule has 0 saturated heterocycles. The van der Waals surface area contributed by atoms with Crippen LogP contribution in [0.1, 0.15) is 26.3 Å². The zero-order valence-electron chi connectivity index (χ0n) is 10.7. The number of hydrogen-bond acceptors (Lipinski definition) is 1. The molecule has 0 spiro atoms. The summed E-state index contributed by atoms with van der Waals surface area (Å²) in [6.07, 6.45) is 1.83. The second kappa shape index (κ2) is 8.96. The lowest BCUT2D eigenvalue weighted by molar-refractivity contribution is -0.109. The number of amides is 1. The normalized spacial score (nSPS) is 11.3. The van der Waals surface area contributed by atoms with Gasteiger partial charge in [-0.05, 0) is 23.8 Å². The molecule has 1 atom stereocenters. The van der Waals surface area contributed by atoms with E-state index in [2.05, 4.69) is 56.4 Å². The first-order valence-electron chi connectivity index (χ1n) is 5.76. The van der Waals surface area contributed by atoms with Gasteiger partial charge in [-0.15, -0.1) is 0 Å². The van der Waals surface area contributed by atoms with Gasteiger partial charge >= 0.3 is 0 Å². The predicted octanol–water partition coefficient (Wildman–Crippen LogP) is 2.88. The Morgan fingerprint density at radius 3 is 2.06 bits per heavy atom. The minimum atomic E-state index is 0.625. The summed E-state index contributed by atoms with van der Waals surface area (Å²) in [5.74, 6) is 1.57. The number of carbonyl (C=O) groups is 1. The predicted molar refractivity (Wildman–Crippen MR) is 69.3 cm³/mol. The first kappa shape index (κ1) is 14.7. The lowest BCUT2D eigenvalue weighted by Crippen LogP contribution is -2.06. The highest BCUT2D eigenvalue weighted by atomic mass is 16.1. The molecule has 0 heterocycles. The van der Waals surface area contributed by atoms with Crippen LogP contribution in [0.3, 0.4) is 0 Å². The Balaban J connectivity index is 0.000000487. The standard InChI is InChI=1S/C12H18.C2H5NO/c1-10(2)11(3)9-12-7-5-4-6-8-12;1-3-2-4/h4-8,10-11H,9H2,1-3H3;2H,1H3,(H,3,4). The minimum absolute atomic E-state index is 0.625. The average Bonchev–Trinajstić information content (AvgIpc) is 2.30. The van der Waals surface area contributed by atoms with Crippen LogP contribution in [-0.4, -0.2) is 13.5 Å². The molecule has 0 fully saturated rings. The van der Waals surface area contributed by atoms with Gasteiger partial charge in [0.15, 0.2) is 0 Å². The summed E-state index contributed by atoms with van der Waals surface area (Å²) in [7, 11) is 1.56. The van der Waals surface area contributed by atoms with Crippen molar-refractivity contribution in [2.75, 3.05) is 7.05 Å². The van der Waals surface area contributed by atoms with Gasteiger partial charge in [0.1, 0.15) is 0 Å². The zero-order valence-corrected chi connectivity index (χ0v) is 10.7. The molecule has 90 valence electrons. The van der Waals surface area contributed by atoms with E-state index in [4.69, 9.17) is 4.79 Å². The molecule has 0 saturated carbocycles. The van der Waals surface area contributed by atoms with E-state index in [0.29, 0.717) is 6.41 Å². The maximum atomic E-state index is 9.06. The molecule has 1 N–H and O–H groups in total. The molecular formula is C14H23NO. The van der Waals surface area contributed by atoms with E-state index in [9.17, 15) is 0 Å². The second-order valence-electron chi connectivity index (χ2n) is 4.32. The van der Waals surface area contributed by atoms with Gasteiger partial charge in [0.2, 0.25) is 6.41 Å². The Hall–Kier alpha value is -1.31. The molecule has 0 aliphatic carbocycles. The third kappa shape index (κ3) is 7.04. The van der Waals surface area contributed by atoms with Crippen molar-refractivity contribution in [3.63, 3.8) is 0 Å². The molecule has 16 heavy (non-hydrogen) atoms. The summed E-state index contributed by atoms with van der Waals surface area (Å²) in [6, 6.07) is 10.7. The molecule has 1 unspecified atom stereocenters. The van der Waals surface area contributed by atoms with E-state index in [1.165, 1.54) is 12.0 Å². The SMILES string of the molecule is CC(C)C(C)Cc1ccccc1.CNC=O. The van der Waals surface area contributed by atoms with E-state index in [0.717, 1.165) is 11.8 Å². The van der Waals surface area contributed by atoms with Crippen molar-refractivity contribution in [3.8, 4) is 0 Å². The summed E-state index contributed by atoms with van der Waals surface area (Å²) in [4.78, 5) is 9.06. The molecule has 2 nitrogen and oxygen atoms in total. The Morgan fingerprint density at radius 2 is 1.69 bits per heavy atom.